The summed E-state index contributed by atoms with van der Waals surface area (Å²) in [4.78, 5) is 4.30. The van der Waals surface area contributed by atoms with Crippen LogP contribution in [0.3, 0.4) is 0 Å². The summed E-state index contributed by atoms with van der Waals surface area (Å²) < 4.78 is 5.48. The molecule has 0 bridgehead atoms. The van der Waals surface area contributed by atoms with Crippen LogP contribution in [0.15, 0.2) is 42.7 Å². The molecule has 2 aromatic rings. The summed E-state index contributed by atoms with van der Waals surface area (Å²) in [5, 5.41) is 3.82. The number of hydrogen-bond acceptors (Lipinski definition) is 3. The molecule has 1 aromatic carbocycles. The molecule has 1 aliphatic heterocycles. The third-order valence-corrected chi connectivity index (χ3v) is 4.51. The lowest BCUT2D eigenvalue weighted by molar-refractivity contribution is 0.0760. The highest BCUT2D eigenvalue weighted by Crippen LogP contribution is 2.25. The minimum atomic E-state index is 0.191. The summed E-state index contributed by atoms with van der Waals surface area (Å²) in [6, 6.07) is 11.6. The Kier molecular flexibility index (Phi) is 4.86. The maximum atomic E-state index is 5.48. The van der Waals surface area contributed by atoms with Crippen molar-refractivity contribution in [3.63, 3.8) is 0 Å². The molecule has 2 heterocycles. The molecule has 0 spiro atoms. The molecule has 1 atom stereocenters. The second-order valence-electron chi connectivity index (χ2n) is 6.12. The van der Waals surface area contributed by atoms with Gasteiger partial charge in [0.05, 0.1) is 6.04 Å². The van der Waals surface area contributed by atoms with E-state index in [2.05, 4.69) is 48.4 Å². The zero-order valence-electron chi connectivity index (χ0n) is 13.4. The molecule has 1 fully saturated rings. The molecule has 3 nitrogen and oxygen atoms in total. The van der Waals surface area contributed by atoms with Crippen LogP contribution in [0.5, 0.6) is 0 Å². The number of hydrogen-bond donors (Lipinski definition) is 1. The van der Waals surface area contributed by atoms with Gasteiger partial charge in [-0.25, -0.2) is 0 Å². The van der Waals surface area contributed by atoms with Crippen molar-refractivity contribution < 1.29 is 4.74 Å². The van der Waals surface area contributed by atoms with Crippen LogP contribution in [0.25, 0.3) is 0 Å². The molecule has 1 saturated heterocycles. The number of nitrogens with one attached hydrogen (secondary N) is 1. The van der Waals surface area contributed by atoms with Gasteiger partial charge in [-0.2, -0.15) is 0 Å². The number of aromatic nitrogens is 1. The minimum Gasteiger partial charge on any atom is -0.381 e. The number of rotatable bonds is 4. The standard InChI is InChI=1S/C19H24N2O/c1-14-5-6-16(12-15(14)2)19(17-4-3-9-20-13-17)21-18-7-10-22-11-8-18/h3-6,9,12-13,18-19,21H,7-8,10-11H2,1-2H3/t19-/m1/s1. The Balaban J connectivity index is 1.89. The van der Waals surface area contributed by atoms with Gasteiger partial charge in [0.1, 0.15) is 0 Å². The van der Waals surface area contributed by atoms with Crippen LogP contribution < -0.4 is 5.32 Å². The van der Waals surface area contributed by atoms with Crippen LogP contribution >= 0.6 is 0 Å². The van der Waals surface area contributed by atoms with Crippen LogP contribution in [0.2, 0.25) is 0 Å². The van der Waals surface area contributed by atoms with Crippen LogP contribution in [0, 0.1) is 13.8 Å². The van der Waals surface area contributed by atoms with Gasteiger partial charge < -0.3 is 10.1 Å². The maximum absolute atomic E-state index is 5.48. The highest BCUT2D eigenvalue weighted by atomic mass is 16.5. The van der Waals surface area contributed by atoms with Crippen molar-refractivity contribution in [1.29, 1.82) is 0 Å². The Morgan fingerprint density at radius 2 is 1.91 bits per heavy atom. The van der Waals surface area contributed by atoms with Gasteiger partial charge in [0.25, 0.3) is 0 Å². The predicted octanol–water partition coefficient (Wildman–Crippen LogP) is 3.56. The van der Waals surface area contributed by atoms with E-state index in [-0.39, 0.29) is 6.04 Å². The fourth-order valence-corrected chi connectivity index (χ4v) is 2.98. The lowest BCUT2D eigenvalue weighted by Crippen LogP contribution is -2.37. The summed E-state index contributed by atoms with van der Waals surface area (Å²) in [5.41, 5.74) is 5.19. The molecule has 0 radical (unpaired) electrons. The SMILES string of the molecule is Cc1ccc([C@@H](NC2CCOCC2)c2cccnc2)cc1C. The van der Waals surface area contributed by atoms with E-state index in [0.29, 0.717) is 6.04 Å². The van der Waals surface area contributed by atoms with Gasteiger partial charge in [-0.15, -0.1) is 0 Å². The summed E-state index contributed by atoms with van der Waals surface area (Å²) in [6.45, 7) is 6.03. The minimum absolute atomic E-state index is 0.191. The highest BCUT2D eigenvalue weighted by molar-refractivity contribution is 5.36. The Morgan fingerprint density at radius 1 is 1.09 bits per heavy atom. The molecule has 3 rings (SSSR count). The van der Waals surface area contributed by atoms with Gasteiger partial charge in [-0.3, -0.25) is 4.98 Å². The largest absolute Gasteiger partial charge is 0.381 e. The smallest absolute Gasteiger partial charge is 0.0594 e. The molecule has 0 saturated carbocycles. The molecule has 3 heteroatoms. The lowest BCUT2D eigenvalue weighted by atomic mass is 9.95. The van der Waals surface area contributed by atoms with Crippen molar-refractivity contribution in [3.8, 4) is 0 Å². The molecule has 1 aromatic heterocycles. The van der Waals surface area contributed by atoms with Crippen LogP contribution in [0.4, 0.5) is 0 Å². The molecular weight excluding hydrogens is 272 g/mol. The molecule has 1 N–H and O–H groups in total. The van der Waals surface area contributed by atoms with Crippen molar-refractivity contribution in [2.24, 2.45) is 0 Å². The molecule has 22 heavy (non-hydrogen) atoms. The van der Waals surface area contributed by atoms with Gasteiger partial charge in [0.15, 0.2) is 0 Å². The van der Waals surface area contributed by atoms with Crippen LogP contribution in [-0.4, -0.2) is 24.2 Å². The van der Waals surface area contributed by atoms with E-state index in [1.807, 2.05) is 18.5 Å². The average molecular weight is 296 g/mol. The topological polar surface area (TPSA) is 34.1 Å². The quantitative estimate of drug-likeness (QED) is 0.937. The highest BCUT2D eigenvalue weighted by Gasteiger charge is 2.21. The predicted molar refractivity (Wildman–Crippen MR) is 89.0 cm³/mol. The monoisotopic (exact) mass is 296 g/mol. The van der Waals surface area contributed by atoms with Crippen LogP contribution in [-0.2, 0) is 4.74 Å². The first kappa shape index (κ1) is 15.2. The lowest BCUT2D eigenvalue weighted by Gasteiger charge is -2.29. The zero-order valence-corrected chi connectivity index (χ0v) is 13.4. The van der Waals surface area contributed by atoms with Crippen molar-refractivity contribution in [3.05, 3.63) is 65.0 Å². The van der Waals surface area contributed by atoms with Crippen molar-refractivity contribution >= 4 is 0 Å². The van der Waals surface area contributed by atoms with Crippen molar-refractivity contribution in [1.82, 2.24) is 10.3 Å². The summed E-state index contributed by atoms with van der Waals surface area (Å²) in [5.74, 6) is 0. The number of benzene rings is 1. The first-order valence-electron chi connectivity index (χ1n) is 8.05. The number of nitrogens with zero attached hydrogens (tertiary/aromatic N) is 1. The third kappa shape index (κ3) is 3.54. The van der Waals surface area contributed by atoms with Gasteiger partial charge in [0, 0.05) is 31.6 Å². The van der Waals surface area contributed by atoms with Gasteiger partial charge in [-0.1, -0.05) is 24.3 Å². The number of pyridine rings is 1. The second kappa shape index (κ2) is 7.03. The van der Waals surface area contributed by atoms with E-state index >= 15 is 0 Å². The number of ether oxygens (including phenoxy) is 1. The molecule has 0 aliphatic carbocycles. The average Bonchev–Trinajstić information content (AvgIpc) is 2.57. The van der Waals surface area contributed by atoms with Crippen LogP contribution in [0.1, 0.15) is 41.1 Å². The molecule has 0 amide bonds. The van der Waals surface area contributed by atoms with E-state index < -0.39 is 0 Å². The normalized spacial score (nSPS) is 17.4. The molecule has 116 valence electrons. The van der Waals surface area contributed by atoms with Crippen molar-refractivity contribution in [2.45, 2.75) is 38.8 Å². The summed E-state index contributed by atoms with van der Waals surface area (Å²) >= 11 is 0. The maximum Gasteiger partial charge on any atom is 0.0594 e. The van der Waals surface area contributed by atoms with Gasteiger partial charge >= 0.3 is 0 Å². The summed E-state index contributed by atoms with van der Waals surface area (Å²) in [7, 11) is 0. The second-order valence-corrected chi connectivity index (χ2v) is 6.12. The Morgan fingerprint density at radius 3 is 2.59 bits per heavy atom. The first-order chi connectivity index (χ1) is 10.7. The van der Waals surface area contributed by atoms with Gasteiger partial charge in [0.2, 0.25) is 0 Å². The Bertz CT molecular complexity index is 606. The van der Waals surface area contributed by atoms with E-state index in [4.69, 9.17) is 4.74 Å². The van der Waals surface area contributed by atoms with Gasteiger partial charge in [-0.05, 0) is 55.0 Å². The summed E-state index contributed by atoms with van der Waals surface area (Å²) in [6.07, 6.45) is 5.94. The molecule has 0 unspecified atom stereocenters. The van der Waals surface area contributed by atoms with E-state index in [9.17, 15) is 0 Å². The number of aryl methyl sites for hydroxylation is 2. The van der Waals surface area contributed by atoms with E-state index in [1.165, 1.54) is 22.3 Å². The van der Waals surface area contributed by atoms with Crippen molar-refractivity contribution in [2.75, 3.05) is 13.2 Å². The zero-order chi connectivity index (χ0) is 15.4. The van der Waals surface area contributed by atoms with E-state index in [0.717, 1.165) is 26.1 Å². The third-order valence-electron chi connectivity index (χ3n) is 4.51. The van der Waals surface area contributed by atoms with E-state index in [1.54, 1.807) is 0 Å². The molecular formula is C19H24N2O. The molecule has 1 aliphatic rings. The fourth-order valence-electron chi connectivity index (χ4n) is 2.98. The Hall–Kier alpha value is -1.71. The first-order valence-corrected chi connectivity index (χ1v) is 8.05. The Labute approximate surface area is 132 Å². The fraction of sp³-hybridized carbons (Fsp3) is 0.421.